The van der Waals surface area contributed by atoms with Gasteiger partial charge in [0.05, 0.1) is 5.56 Å². The molecule has 0 atom stereocenters. The van der Waals surface area contributed by atoms with E-state index < -0.39 is 11.7 Å². The highest BCUT2D eigenvalue weighted by Gasteiger charge is 2.30. The van der Waals surface area contributed by atoms with Gasteiger partial charge in [0.2, 0.25) is 0 Å². The van der Waals surface area contributed by atoms with Crippen LogP contribution in [-0.4, -0.2) is 14.8 Å². The number of para-hydroxylation sites is 1. The third-order valence-electron chi connectivity index (χ3n) is 3.05. The van der Waals surface area contributed by atoms with Gasteiger partial charge in [-0.15, -0.1) is 10.2 Å². The number of hydrogen-bond acceptors (Lipinski definition) is 2. The Labute approximate surface area is 118 Å². The summed E-state index contributed by atoms with van der Waals surface area (Å²) < 4.78 is 39.4. The van der Waals surface area contributed by atoms with E-state index in [9.17, 15) is 13.2 Å². The standard InChI is InChI=1S/C15H10F3N3/c16-15(17,18)12-8-6-11(7-9-12)14-20-19-10-21(14)13-4-2-1-3-5-13/h1-10H. The van der Waals surface area contributed by atoms with Crippen LogP contribution in [0, 0.1) is 0 Å². The van der Waals surface area contributed by atoms with Gasteiger partial charge in [0.1, 0.15) is 6.33 Å². The highest BCUT2D eigenvalue weighted by molar-refractivity contribution is 5.58. The lowest BCUT2D eigenvalue weighted by atomic mass is 10.1. The minimum absolute atomic E-state index is 0.495. The molecule has 106 valence electrons. The van der Waals surface area contributed by atoms with Gasteiger partial charge in [-0.3, -0.25) is 4.57 Å². The van der Waals surface area contributed by atoms with E-state index in [0.29, 0.717) is 11.4 Å². The van der Waals surface area contributed by atoms with Gasteiger partial charge in [-0.1, -0.05) is 30.3 Å². The molecule has 6 heteroatoms. The van der Waals surface area contributed by atoms with E-state index in [2.05, 4.69) is 10.2 Å². The summed E-state index contributed by atoms with van der Waals surface area (Å²) in [6.45, 7) is 0. The third-order valence-corrected chi connectivity index (χ3v) is 3.05. The largest absolute Gasteiger partial charge is 0.416 e. The summed E-state index contributed by atoms with van der Waals surface area (Å²) >= 11 is 0. The van der Waals surface area contributed by atoms with Crippen LogP contribution in [0.5, 0.6) is 0 Å². The van der Waals surface area contributed by atoms with E-state index in [1.807, 2.05) is 30.3 Å². The van der Waals surface area contributed by atoms with Gasteiger partial charge >= 0.3 is 6.18 Å². The molecule has 0 aliphatic rings. The van der Waals surface area contributed by atoms with Crippen LogP contribution in [0.2, 0.25) is 0 Å². The Balaban J connectivity index is 2.01. The SMILES string of the molecule is FC(F)(F)c1ccc(-c2nncn2-c2ccccc2)cc1. The second-order valence-electron chi connectivity index (χ2n) is 4.44. The van der Waals surface area contributed by atoms with Crippen LogP contribution in [-0.2, 0) is 6.18 Å². The average Bonchev–Trinajstić information content (AvgIpc) is 2.97. The number of rotatable bonds is 2. The Hall–Kier alpha value is -2.63. The van der Waals surface area contributed by atoms with E-state index in [4.69, 9.17) is 0 Å². The molecule has 1 heterocycles. The molecule has 0 spiro atoms. The summed E-state index contributed by atoms with van der Waals surface area (Å²) in [5.41, 5.74) is 0.735. The van der Waals surface area contributed by atoms with E-state index in [1.54, 1.807) is 4.57 Å². The first-order valence-corrected chi connectivity index (χ1v) is 6.19. The molecular weight excluding hydrogens is 279 g/mol. The van der Waals surface area contributed by atoms with E-state index in [0.717, 1.165) is 17.8 Å². The molecule has 0 aliphatic carbocycles. The van der Waals surface area contributed by atoms with Crippen molar-refractivity contribution in [3.8, 4) is 17.1 Å². The fourth-order valence-electron chi connectivity index (χ4n) is 2.02. The van der Waals surface area contributed by atoms with Crippen molar-refractivity contribution in [3.63, 3.8) is 0 Å². The molecule has 0 N–H and O–H groups in total. The fraction of sp³-hybridized carbons (Fsp3) is 0.0667. The molecule has 3 aromatic rings. The van der Waals surface area contributed by atoms with Gasteiger partial charge in [0, 0.05) is 11.3 Å². The lowest BCUT2D eigenvalue weighted by Gasteiger charge is -2.09. The predicted molar refractivity (Wildman–Crippen MR) is 71.8 cm³/mol. The van der Waals surface area contributed by atoms with Crippen molar-refractivity contribution in [1.82, 2.24) is 14.8 Å². The minimum atomic E-state index is -4.34. The molecule has 2 aromatic carbocycles. The van der Waals surface area contributed by atoms with Gasteiger partial charge in [-0.05, 0) is 24.3 Å². The smallest absolute Gasteiger partial charge is 0.282 e. The summed E-state index contributed by atoms with van der Waals surface area (Å²) in [6, 6.07) is 14.2. The normalized spacial score (nSPS) is 11.6. The van der Waals surface area contributed by atoms with Gasteiger partial charge in [0.25, 0.3) is 0 Å². The zero-order valence-electron chi connectivity index (χ0n) is 10.7. The van der Waals surface area contributed by atoms with Crippen molar-refractivity contribution < 1.29 is 13.2 Å². The maximum Gasteiger partial charge on any atom is 0.416 e. The van der Waals surface area contributed by atoms with Crippen molar-refractivity contribution in [1.29, 1.82) is 0 Å². The molecule has 0 aliphatic heterocycles. The van der Waals surface area contributed by atoms with Crippen LogP contribution >= 0.6 is 0 Å². The summed E-state index contributed by atoms with van der Waals surface area (Å²) in [7, 11) is 0. The van der Waals surface area contributed by atoms with Crippen LogP contribution in [0.25, 0.3) is 17.1 Å². The van der Waals surface area contributed by atoms with E-state index in [1.165, 1.54) is 18.5 Å². The highest BCUT2D eigenvalue weighted by Crippen LogP contribution is 2.30. The van der Waals surface area contributed by atoms with Crippen LogP contribution in [0.3, 0.4) is 0 Å². The van der Waals surface area contributed by atoms with E-state index in [-0.39, 0.29) is 0 Å². The monoisotopic (exact) mass is 289 g/mol. The number of halogens is 3. The van der Waals surface area contributed by atoms with Gasteiger partial charge in [-0.2, -0.15) is 13.2 Å². The van der Waals surface area contributed by atoms with Gasteiger partial charge in [0.15, 0.2) is 5.82 Å². The molecule has 1 aromatic heterocycles. The molecule has 0 saturated carbocycles. The second kappa shape index (κ2) is 5.05. The fourth-order valence-corrected chi connectivity index (χ4v) is 2.02. The average molecular weight is 289 g/mol. The molecule has 0 bridgehead atoms. The zero-order chi connectivity index (χ0) is 14.9. The maximum atomic E-state index is 12.6. The van der Waals surface area contributed by atoms with Crippen molar-refractivity contribution >= 4 is 0 Å². The van der Waals surface area contributed by atoms with Crippen molar-refractivity contribution in [3.05, 3.63) is 66.5 Å². The third kappa shape index (κ3) is 2.65. The number of hydrogen-bond donors (Lipinski definition) is 0. The molecule has 0 saturated heterocycles. The molecule has 3 nitrogen and oxygen atoms in total. The van der Waals surface area contributed by atoms with Crippen molar-refractivity contribution in [2.75, 3.05) is 0 Å². The molecule has 0 fully saturated rings. The summed E-state index contributed by atoms with van der Waals surface area (Å²) in [5, 5.41) is 7.82. The number of benzene rings is 2. The maximum absolute atomic E-state index is 12.6. The predicted octanol–water partition coefficient (Wildman–Crippen LogP) is 3.95. The Morgan fingerprint density at radius 1 is 0.857 bits per heavy atom. The Morgan fingerprint density at radius 3 is 2.14 bits per heavy atom. The number of alkyl halides is 3. The molecule has 0 unspecified atom stereocenters. The Morgan fingerprint density at radius 2 is 1.52 bits per heavy atom. The van der Waals surface area contributed by atoms with Gasteiger partial charge < -0.3 is 0 Å². The first kappa shape index (κ1) is 13.4. The lowest BCUT2D eigenvalue weighted by Crippen LogP contribution is -2.04. The first-order valence-electron chi connectivity index (χ1n) is 6.19. The summed E-state index contributed by atoms with van der Waals surface area (Å²) in [5.74, 6) is 0.495. The number of nitrogens with zero attached hydrogens (tertiary/aromatic N) is 3. The van der Waals surface area contributed by atoms with Crippen LogP contribution < -0.4 is 0 Å². The molecule has 3 rings (SSSR count). The van der Waals surface area contributed by atoms with Crippen LogP contribution in [0.15, 0.2) is 60.9 Å². The number of aromatic nitrogens is 3. The molecule has 0 radical (unpaired) electrons. The van der Waals surface area contributed by atoms with E-state index >= 15 is 0 Å². The van der Waals surface area contributed by atoms with Gasteiger partial charge in [-0.25, -0.2) is 0 Å². The first-order chi connectivity index (χ1) is 10.1. The topological polar surface area (TPSA) is 30.7 Å². The van der Waals surface area contributed by atoms with Crippen LogP contribution in [0.1, 0.15) is 5.56 Å². The van der Waals surface area contributed by atoms with Crippen LogP contribution in [0.4, 0.5) is 13.2 Å². The zero-order valence-corrected chi connectivity index (χ0v) is 10.7. The summed E-state index contributed by atoms with van der Waals surface area (Å²) in [6.07, 6.45) is -2.81. The molecule has 21 heavy (non-hydrogen) atoms. The molecular formula is C15H10F3N3. The highest BCUT2D eigenvalue weighted by atomic mass is 19.4. The quantitative estimate of drug-likeness (QED) is 0.715. The molecule has 0 amide bonds. The second-order valence-corrected chi connectivity index (χ2v) is 4.44. The Kier molecular flexibility index (Phi) is 3.21. The minimum Gasteiger partial charge on any atom is -0.282 e. The summed E-state index contributed by atoms with van der Waals surface area (Å²) in [4.78, 5) is 0. The lowest BCUT2D eigenvalue weighted by molar-refractivity contribution is -0.137. The Bertz CT molecular complexity index is 731. The van der Waals surface area contributed by atoms with Crippen molar-refractivity contribution in [2.24, 2.45) is 0 Å². The van der Waals surface area contributed by atoms with Crippen molar-refractivity contribution in [2.45, 2.75) is 6.18 Å².